The Bertz CT molecular complexity index is 69.6. The summed E-state index contributed by atoms with van der Waals surface area (Å²) in [4.78, 5) is 0. The first-order valence-corrected chi connectivity index (χ1v) is 9.28. The first-order valence-electron chi connectivity index (χ1n) is 1.13. The van der Waals surface area contributed by atoms with E-state index in [1.807, 2.05) is 0 Å². The van der Waals surface area contributed by atoms with Crippen molar-refractivity contribution in [3.8, 4) is 0 Å². The molecular formula is Cs2F6Hf. The zero-order valence-electron chi connectivity index (χ0n) is 4.77. The summed E-state index contributed by atoms with van der Waals surface area (Å²) in [6.45, 7) is 0. The van der Waals surface area contributed by atoms with Gasteiger partial charge in [0.2, 0.25) is 0 Å². The van der Waals surface area contributed by atoms with Gasteiger partial charge in [-0.15, -0.1) is 0 Å². The topological polar surface area (TPSA) is 0 Å². The molecule has 0 nitrogen and oxygen atoms in total. The molecule has 0 aliphatic carbocycles. The predicted molar refractivity (Wildman–Crippen MR) is 6.65 cm³/mol. The Hall–Kier alpha value is 4.55. The fourth-order valence-electron chi connectivity index (χ4n) is 0. The third kappa shape index (κ3) is 67.4. The Morgan fingerprint density at radius 3 is 0.556 bits per heavy atom. The van der Waals surface area contributed by atoms with E-state index in [-0.39, 0.29) is 138 Å². The van der Waals surface area contributed by atoms with Crippen molar-refractivity contribution in [2.24, 2.45) is 0 Å². The molecular weight excluding hydrogens is 558 g/mol. The summed E-state index contributed by atoms with van der Waals surface area (Å²) < 4.78 is 59.6. The van der Waals surface area contributed by atoms with E-state index in [1.165, 1.54) is 0 Å². The van der Waals surface area contributed by atoms with Crippen molar-refractivity contribution in [1.29, 1.82) is 0 Å². The van der Waals surface area contributed by atoms with Gasteiger partial charge in [0, 0.05) is 0 Å². The van der Waals surface area contributed by atoms with E-state index in [1.54, 1.807) is 0 Å². The van der Waals surface area contributed by atoms with Crippen LogP contribution in [0.4, 0.5) is 16.0 Å². The van der Waals surface area contributed by atoms with E-state index in [2.05, 4.69) is 0 Å². The SMILES string of the molecule is [Cs+].[Cs+].[F][Hf-2]([F])([F])([F])([F])[F]. The Labute approximate surface area is 168 Å². The van der Waals surface area contributed by atoms with Gasteiger partial charge in [-0.05, 0) is 0 Å². The van der Waals surface area contributed by atoms with E-state index < -0.39 is 20.7 Å². The van der Waals surface area contributed by atoms with Gasteiger partial charge in [0.1, 0.15) is 0 Å². The Balaban J connectivity index is -0.000000180. The number of rotatable bonds is 0. The molecule has 0 aromatic heterocycles. The van der Waals surface area contributed by atoms with Crippen LogP contribution in [-0.4, -0.2) is 0 Å². The molecule has 0 saturated carbocycles. The molecule has 0 rings (SSSR count). The fraction of sp³-hybridized carbons (Fsp3) is 0. The zero-order valence-corrected chi connectivity index (χ0v) is 20.9. The Morgan fingerprint density at radius 1 is 0.556 bits per heavy atom. The van der Waals surface area contributed by atoms with Crippen LogP contribution >= 0.6 is 0 Å². The normalized spacial score (nSPS) is 18.0. The third-order valence-corrected chi connectivity index (χ3v) is 0. The number of hydrogen-bond donors (Lipinski definition) is 0. The van der Waals surface area contributed by atoms with Gasteiger partial charge in [-0.25, -0.2) is 0 Å². The molecule has 0 unspecified atom stereocenters. The van der Waals surface area contributed by atoms with Crippen molar-refractivity contribution in [1.82, 2.24) is 0 Å². The van der Waals surface area contributed by atoms with Gasteiger partial charge in [-0.3, -0.25) is 0 Å². The molecule has 0 atom stereocenters. The molecule has 0 heterocycles. The average molecular weight is 558 g/mol. The van der Waals surface area contributed by atoms with Crippen LogP contribution in [0.15, 0.2) is 0 Å². The van der Waals surface area contributed by atoms with E-state index in [4.69, 9.17) is 0 Å². The van der Waals surface area contributed by atoms with Gasteiger partial charge in [0.05, 0.1) is 0 Å². The van der Waals surface area contributed by atoms with Crippen LogP contribution in [-0.2, 0) is 20.7 Å². The second-order valence-electron chi connectivity index (χ2n) is 1.07. The van der Waals surface area contributed by atoms with Crippen molar-refractivity contribution < 1.29 is 174 Å². The van der Waals surface area contributed by atoms with Gasteiger partial charge in [0.15, 0.2) is 0 Å². The first kappa shape index (κ1) is 19.2. The van der Waals surface area contributed by atoms with E-state index >= 15 is 0 Å². The van der Waals surface area contributed by atoms with Gasteiger partial charge >= 0.3 is 174 Å². The van der Waals surface area contributed by atoms with Gasteiger partial charge in [-0.2, -0.15) is 0 Å². The summed E-state index contributed by atoms with van der Waals surface area (Å²) in [5.41, 5.74) is 0. The van der Waals surface area contributed by atoms with Crippen molar-refractivity contribution in [3.63, 3.8) is 0 Å². The van der Waals surface area contributed by atoms with Crippen molar-refractivity contribution in [2.45, 2.75) is 0 Å². The zero-order chi connectivity index (χ0) is 6.41. The first-order chi connectivity index (χ1) is 2.45. The van der Waals surface area contributed by atoms with Crippen LogP contribution in [0.1, 0.15) is 0 Å². The Morgan fingerprint density at radius 2 is 0.556 bits per heavy atom. The maximum atomic E-state index is 9.94. The van der Waals surface area contributed by atoms with Crippen LogP contribution in [0.2, 0.25) is 0 Å². The molecule has 0 radical (unpaired) electrons. The summed E-state index contributed by atoms with van der Waals surface area (Å²) >= 11 is -11.4. The van der Waals surface area contributed by atoms with Crippen molar-refractivity contribution in [2.75, 3.05) is 0 Å². The molecule has 0 N–H and O–H groups in total. The molecule has 0 spiro atoms. The molecule has 48 valence electrons. The minimum absolute atomic E-state index is 0. The second kappa shape index (κ2) is 4.38. The molecule has 0 bridgehead atoms. The third-order valence-electron chi connectivity index (χ3n) is 0. The van der Waals surface area contributed by atoms with Gasteiger partial charge in [0.25, 0.3) is 0 Å². The van der Waals surface area contributed by atoms with Crippen LogP contribution in [0, 0.1) is 0 Å². The molecule has 0 amide bonds. The summed E-state index contributed by atoms with van der Waals surface area (Å²) in [5, 5.41) is 0. The van der Waals surface area contributed by atoms with Crippen LogP contribution in [0.3, 0.4) is 0 Å². The summed E-state index contributed by atoms with van der Waals surface area (Å²) in [6, 6.07) is 0. The van der Waals surface area contributed by atoms with Gasteiger partial charge < -0.3 is 0 Å². The van der Waals surface area contributed by atoms with Crippen LogP contribution < -0.4 is 138 Å². The van der Waals surface area contributed by atoms with Gasteiger partial charge in [-0.1, -0.05) is 0 Å². The number of hydrogen-bond acceptors (Lipinski definition) is 0. The minimum atomic E-state index is -11.4. The molecule has 0 aromatic rings. The van der Waals surface area contributed by atoms with E-state index in [0.717, 1.165) is 0 Å². The van der Waals surface area contributed by atoms with Crippen LogP contribution in [0.5, 0.6) is 0 Å². The monoisotopic (exact) mass is 560 g/mol. The van der Waals surface area contributed by atoms with Crippen LogP contribution in [0.25, 0.3) is 0 Å². The Kier molecular flexibility index (Phi) is 9.34. The molecule has 0 aliphatic heterocycles. The fourth-order valence-corrected chi connectivity index (χ4v) is 0. The van der Waals surface area contributed by atoms with Crippen molar-refractivity contribution >= 4 is 0 Å². The quantitative estimate of drug-likeness (QED) is 0.214. The van der Waals surface area contributed by atoms with E-state index in [0.29, 0.717) is 0 Å². The molecule has 0 fully saturated rings. The summed E-state index contributed by atoms with van der Waals surface area (Å²) in [5.74, 6) is 0. The summed E-state index contributed by atoms with van der Waals surface area (Å²) in [7, 11) is 0. The molecule has 9 heavy (non-hydrogen) atoms. The maximum absolute atomic E-state index is 11.4. The predicted octanol–water partition coefficient (Wildman–Crippen LogP) is -3.47. The van der Waals surface area contributed by atoms with E-state index in [9.17, 15) is 16.0 Å². The summed E-state index contributed by atoms with van der Waals surface area (Å²) in [6.07, 6.45) is 0. The standard InChI is InChI=1S/2Cs.6FH.Hf/h;;6*1H;/q2*+1;;;;;;;+4/p-6. The molecule has 0 aliphatic rings. The number of halogens is 6. The second-order valence-corrected chi connectivity index (χ2v) is 8.77. The molecule has 9 heteroatoms. The molecule has 0 aromatic carbocycles. The average Bonchev–Trinajstić information content (AvgIpc) is 0.592. The van der Waals surface area contributed by atoms with Crippen molar-refractivity contribution in [3.05, 3.63) is 0 Å². The molecule has 0 saturated heterocycles.